The molecule has 0 aliphatic carbocycles. The molecule has 0 spiro atoms. The molecule has 1 aliphatic rings. The van der Waals surface area contributed by atoms with Gasteiger partial charge in [-0.25, -0.2) is 4.68 Å². The third-order valence-corrected chi connectivity index (χ3v) is 7.14. The van der Waals surface area contributed by atoms with Crippen molar-refractivity contribution in [2.24, 2.45) is 5.92 Å². The highest BCUT2D eigenvalue weighted by atomic mass is 16.5. The molecule has 8 heteroatoms. The number of hydrogen-bond acceptors (Lipinski definition) is 6. The highest BCUT2D eigenvalue weighted by molar-refractivity contribution is 5.76. The van der Waals surface area contributed by atoms with Crippen LogP contribution in [0.25, 0.3) is 11.1 Å². The van der Waals surface area contributed by atoms with Crippen LogP contribution in [0.2, 0.25) is 0 Å². The minimum Gasteiger partial charge on any atom is -0.394 e. The van der Waals surface area contributed by atoms with Gasteiger partial charge in [-0.1, -0.05) is 66.7 Å². The van der Waals surface area contributed by atoms with E-state index >= 15 is 0 Å². The molecule has 0 saturated carbocycles. The normalized spacial score (nSPS) is 20.2. The largest absolute Gasteiger partial charge is 0.394 e. The smallest absolute Gasteiger partial charge is 0.222 e. The van der Waals surface area contributed by atoms with Crippen LogP contribution in [0.5, 0.6) is 0 Å². The molecule has 1 N–H and O–H groups in total. The molecule has 1 aromatic heterocycles. The maximum atomic E-state index is 13.0. The summed E-state index contributed by atoms with van der Waals surface area (Å²) in [6, 6.07) is 18.8. The number of carbonyl (C=O) groups excluding carboxylic acids is 1. The third-order valence-electron chi connectivity index (χ3n) is 7.14. The monoisotopic (exact) mass is 505 g/mol. The average Bonchev–Trinajstić information content (AvgIpc) is 3.36. The molecule has 3 atom stereocenters. The van der Waals surface area contributed by atoms with Crippen molar-refractivity contribution in [3.63, 3.8) is 0 Å². The van der Waals surface area contributed by atoms with Crippen molar-refractivity contribution in [2.75, 3.05) is 26.7 Å². The van der Waals surface area contributed by atoms with Gasteiger partial charge in [0.15, 0.2) is 0 Å². The number of aromatic nitrogens is 3. The molecule has 3 aromatic rings. The van der Waals surface area contributed by atoms with Gasteiger partial charge in [-0.3, -0.25) is 9.69 Å². The van der Waals surface area contributed by atoms with Crippen molar-refractivity contribution < 1.29 is 14.6 Å². The van der Waals surface area contributed by atoms with Gasteiger partial charge in [0.25, 0.3) is 0 Å². The summed E-state index contributed by atoms with van der Waals surface area (Å²) in [5.41, 5.74) is 4.57. The van der Waals surface area contributed by atoms with E-state index in [4.69, 9.17) is 4.74 Å². The second kappa shape index (κ2) is 12.9. The molecule has 0 bridgehead atoms. The van der Waals surface area contributed by atoms with Gasteiger partial charge in [0.05, 0.1) is 37.3 Å². The highest BCUT2D eigenvalue weighted by Gasteiger charge is 2.28. The maximum absolute atomic E-state index is 13.0. The topological polar surface area (TPSA) is 83.7 Å². The fourth-order valence-corrected chi connectivity index (χ4v) is 4.86. The van der Waals surface area contributed by atoms with Crippen LogP contribution in [0.4, 0.5) is 0 Å². The summed E-state index contributed by atoms with van der Waals surface area (Å²) in [6.45, 7) is 7.04. The van der Waals surface area contributed by atoms with Gasteiger partial charge in [-0.15, -0.1) is 5.10 Å². The van der Waals surface area contributed by atoms with Crippen molar-refractivity contribution in [1.29, 1.82) is 0 Å². The van der Waals surface area contributed by atoms with E-state index < -0.39 is 0 Å². The van der Waals surface area contributed by atoms with E-state index in [0.717, 1.165) is 12.2 Å². The SMILES string of the molecule is C[C@@H]1CN([C@@H](C)CO)C(=O)CCCn2nncc2CO[C@H]1CN(C)Cc1ccc(-c2ccccc2)cc1. The number of carbonyl (C=O) groups is 1. The summed E-state index contributed by atoms with van der Waals surface area (Å²) in [7, 11) is 2.10. The summed E-state index contributed by atoms with van der Waals surface area (Å²) < 4.78 is 8.28. The van der Waals surface area contributed by atoms with Gasteiger partial charge in [0, 0.05) is 38.5 Å². The van der Waals surface area contributed by atoms with Crippen LogP contribution in [0.15, 0.2) is 60.8 Å². The van der Waals surface area contributed by atoms with Crippen molar-refractivity contribution in [3.05, 3.63) is 72.1 Å². The predicted octanol–water partition coefficient (Wildman–Crippen LogP) is 3.60. The van der Waals surface area contributed by atoms with E-state index in [1.165, 1.54) is 16.7 Å². The number of likely N-dealkylation sites (N-methyl/N-ethyl adjacent to an activating group) is 1. The lowest BCUT2D eigenvalue weighted by molar-refractivity contribution is -0.136. The standard InChI is InChI=1S/C29H39N5O3/c1-22-17-33(23(2)20-35)29(36)10-7-15-34-27(16-30-31-34)21-37-28(22)19-32(3)18-24-11-13-26(14-12-24)25-8-5-4-6-9-25/h4-6,8-9,11-14,16,22-23,28,35H,7,10,15,17-21H2,1-3H3/t22-,23+,28+/m1/s1. The first-order valence-corrected chi connectivity index (χ1v) is 13.2. The molecule has 2 aromatic carbocycles. The van der Waals surface area contributed by atoms with Crippen LogP contribution in [0.1, 0.15) is 37.9 Å². The van der Waals surface area contributed by atoms with Gasteiger partial charge < -0.3 is 14.7 Å². The van der Waals surface area contributed by atoms with Gasteiger partial charge in [-0.2, -0.15) is 0 Å². The Morgan fingerprint density at radius 1 is 1.14 bits per heavy atom. The van der Waals surface area contributed by atoms with E-state index in [9.17, 15) is 9.90 Å². The van der Waals surface area contributed by atoms with Crippen LogP contribution >= 0.6 is 0 Å². The number of aliphatic hydroxyl groups excluding tert-OH is 1. The van der Waals surface area contributed by atoms with Crippen LogP contribution in [-0.2, 0) is 29.2 Å². The average molecular weight is 506 g/mol. The van der Waals surface area contributed by atoms with Crippen molar-refractivity contribution in [1.82, 2.24) is 24.8 Å². The van der Waals surface area contributed by atoms with Crippen LogP contribution < -0.4 is 0 Å². The highest BCUT2D eigenvalue weighted by Crippen LogP contribution is 2.21. The maximum Gasteiger partial charge on any atom is 0.222 e. The Hall–Kier alpha value is -3.07. The number of amides is 1. The summed E-state index contributed by atoms with van der Waals surface area (Å²) in [5.74, 6) is 0.130. The van der Waals surface area contributed by atoms with Gasteiger partial charge in [-0.05, 0) is 37.1 Å². The summed E-state index contributed by atoms with van der Waals surface area (Å²) in [6.07, 6.45) is 2.72. The van der Waals surface area contributed by atoms with Crippen molar-refractivity contribution in [3.8, 4) is 11.1 Å². The summed E-state index contributed by atoms with van der Waals surface area (Å²) >= 11 is 0. The second-order valence-electron chi connectivity index (χ2n) is 10.2. The lowest BCUT2D eigenvalue weighted by Gasteiger charge is -2.35. The number of rotatable bonds is 7. The predicted molar refractivity (Wildman–Crippen MR) is 143 cm³/mol. The summed E-state index contributed by atoms with van der Waals surface area (Å²) in [5, 5.41) is 18.0. The molecule has 1 amide bonds. The zero-order valence-corrected chi connectivity index (χ0v) is 22.2. The van der Waals surface area contributed by atoms with E-state index in [-0.39, 0.29) is 30.6 Å². The van der Waals surface area contributed by atoms with E-state index in [1.54, 1.807) is 6.20 Å². The molecule has 37 heavy (non-hydrogen) atoms. The van der Waals surface area contributed by atoms with E-state index in [1.807, 2.05) is 22.6 Å². The van der Waals surface area contributed by atoms with Crippen molar-refractivity contribution >= 4 is 5.91 Å². The molecule has 0 unspecified atom stereocenters. The lowest BCUT2D eigenvalue weighted by atomic mass is 10.0. The van der Waals surface area contributed by atoms with Crippen molar-refractivity contribution in [2.45, 2.75) is 58.5 Å². The molecule has 8 nitrogen and oxygen atoms in total. The first kappa shape index (κ1) is 27.0. The molecule has 1 aliphatic heterocycles. The zero-order valence-electron chi connectivity index (χ0n) is 22.2. The molecule has 0 saturated heterocycles. The van der Waals surface area contributed by atoms with Gasteiger partial charge in [0.2, 0.25) is 5.91 Å². The number of hydrogen-bond donors (Lipinski definition) is 1. The van der Waals surface area contributed by atoms with Crippen LogP contribution in [0.3, 0.4) is 0 Å². The molecule has 0 fully saturated rings. The Morgan fingerprint density at radius 2 is 1.86 bits per heavy atom. The zero-order chi connectivity index (χ0) is 26.2. The number of nitrogens with zero attached hydrogens (tertiary/aromatic N) is 5. The number of aryl methyl sites for hydroxylation is 1. The van der Waals surface area contributed by atoms with E-state index in [2.05, 4.69) is 77.7 Å². The number of ether oxygens (including phenoxy) is 1. The lowest BCUT2D eigenvalue weighted by Crippen LogP contribution is -2.47. The Bertz CT molecular complexity index is 1120. The molecular weight excluding hydrogens is 466 g/mol. The van der Waals surface area contributed by atoms with Crippen LogP contribution in [0, 0.1) is 5.92 Å². The van der Waals surface area contributed by atoms with Crippen LogP contribution in [-0.4, -0.2) is 74.7 Å². The second-order valence-corrected chi connectivity index (χ2v) is 10.2. The number of aliphatic hydroxyl groups is 1. The Labute approximate surface area is 219 Å². The first-order valence-electron chi connectivity index (χ1n) is 13.2. The Morgan fingerprint density at radius 3 is 2.59 bits per heavy atom. The number of benzene rings is 2. The first-order chi connectivity index (χ1) is 17.9. The molecule has 0 radical (unpaired) electrons. The number of fused-ring (bicyclic) bond motifs is 1. The minimum atomic E-state index is -0.235. The Balaban J connectivity index is 1.46. The van der Waals surface area contributed by atoms with E-state index in [0.29, 0.717) is 39.1 Å². The fraction of sp³-hybridized carbons (Fsp3) is 0.483. The molecular formula is C29H39N5O3. The summed E-state index contributed by atoms with van der Waals surface area (Å²) in [4.78, 5) is 17.1. The third kappa shape index (κ3) is 7.25. The minimum absolute atomic E-state index is 0.0567. The molecule has 2 heterocycles. The fourth-order valence-electron chi connectivity index (χ4n) is 4.86. The van der Waals surface area contributed by atoms with Gasteiger partial charge in [0.1, 0.15) is 0 Å². The quantitative estimate of drug-likeness (QED) is 0.528. The Kier molecular flexibility index (Phi) is 9.44. The van der Waals surface area contributed by atoms with Gasteiger partial charge >= 0.3 is 0 Å². The molecule has 198 valence electrons. The molecule has 4 rings (SSSR count).